The van der Waals surface area contributed by atoms with E-state index in [0.717, 1.165) is 27.6 Å². The molecule has 23 heavy (non-hydrogen) atoms. The van der Waals surface area contributed by atoms with Crippen molar-refractivity contribution in [3.63, 3.8) is 0 Å². The minimum absolute atomic E-state index is 0.115. The number of hydrogen-bond acceptors (Lipinski definition) is 3. The third-order valence-electron chi connectivity index (χ3n) is 4.35. The van der Waals surface area contributed by atoms with Crippen molar-refractivity contribution in [3.05, 3.63) is 52.3 Å². The normalized spacial score (nSPS) is 15.8. The van der Waals surface area contributed by atoms with Crippen LogP contribution < -0.4 is 5.32 Å². The Morgan fingerprint density at radius 1 is 1.26 bits per heavy atom. The zero-order chi connectivity index (χ0) is 16.0. The summed E-state index contributed by atoms with van der Waals surface area (Å²) in [6, 6.07) is 7.65. The highest BCUT2D eigenvalue weighted by molar-refractivity contribution is 6.33. The van der Waals surface area contributed by atoms with Crippen LogP contribution in [0.3, 0.4) is 0 Å². The summed E-state index contributed by atoms with van der Waals surface area (Å²) in [6.07, 6.45) is 5.95. The number of nitrogens with zero attached hydrogens (tertiary/aromatic N) is 3. The molecule has 3 aromatic rings. The van der Waals surface area contributed by atoms with E-state index in [1.807, 2.05) is 42.1 Å². The molecule has 1 atom stereocenters. The van der Waals surface area contributed by atoms with Crippen molar-refractivity contribution in [1.82, 2.24) is 14.5 Å². The number of hydrogen-bond donors (Lipinski definition) is 1. The Bertz CT molecular complexity index is 870. The smallest absolute Gasteiger partial charge is 0.204 e. The lowest BCUT2D eigenvalue weighted by molar-refractivity contribution is 0.666. The van der Waals surface area contributed by atoms with Gasteiger partial charge in [-0.1, -0.05) is 23.2 Å². The zero-order valence-electron chi connectivity index (χ0n) is 12.6. The van der Waals surface area contributed by atoms with Crippen molar-refractivity contribution in [2.24, 2.45) is 13.0 Å². The summed E-state index contributed by atoms with van der Waals surface area (Å²) < 4.78 is 2.02. The van der Waals surface area contributed by atoms with Gasteiger partial charge in [-0.25, -0.2) is 4.98 Å². The number of aromatic nitrogens is 3. The Hall–Kier alpha value is -1.78. The molecule has 1 aliphatic carbocycles. The number of fused-ring (bicyclic) bond motifs is 1. The highest BCUT2D eigenvalue weighted by Gasteiger charge is 2.34. The van der Waals surface area contributed by atoms with Crippen molar-refractivity contribution in [2.45, 2.75) is 18.9 Å². The number of rotatable bonds is 4. The minimum atomic E-state index is 0.115. The van der Waals surface area contributed by atoms with Gasteiger partial charge in [-0.3, -0.25) is 4.98 Å². The molecule has 1 aliphatic rings. The van der Waals surface area contributed by atoms with E-state index in [0.29, 0.717) is 10.9 Å². The van der Waals surface area contributed by atoms with E-state index in [9.17, 15) is 0 Å². The molecule has 0 radical (unpaired) electrons. The molecular weight excluding hydrogens is 331 g/mol. The second-order valence-corrected chi connectivity index (χ2v) is 6.83. The van der Waals surface area contributed by atoms with Gasteiger partial charge in [0.25, 0.3) is 0 Å². The first-order valence-corrected chi connectivity index (χ1v) is 8.37. The SMILES string of the molecule is Cn1c(NC(c2cc(Cl)ccc2Cl)C2CC2)nc2ccncc21. The maximum atomic E-state index is 6.41. The standard InChI is InChI=1S/C17H16Cl2N4/c1-23-15-9-20-7-6-14(15)21-17(23)22-16(10-2-3-10)12-8-11(18)4-5-13(12)19/h4-10,16H,2-3H2,1H3,(H,21,22). The van der Waals surface area contributed by atoms with E-state index < -0.39 is 0 Å². The van der Waals surface area contributed by atoms with Crippen LogP contribution in [0.5, 0.6) is 0 Å². The number of aryl methyl sites for hydroxylation is 1. The van der Waals surface area contributed by atoms with Gasteiger partial charge in [-0.05, 0) is 48.6 Å². The van der Waals surface area contributed by atoms with Crippen molar-refractivity contribution < 1.29 is 0 Å². The van der Waals surface area contributed by atoms with Gasteiger partial charge in [0.15, 0.2) is 0 Å². The molecule has 1 unspecified atom stereocenters. The molecule has 118 valence electrons. The molecule has 4 rings (SSSR count). The molecule has 2 aromatic heterocycles. The van der Waals surface area contributed by atoms with Crippen molar-refractivity contribution >= 4 is 40.2 Å². The number of benzene rings is 1. The maximum Gasteiger partial charge on any atom is 0.204 e. The monoisotopic (exact) mass is 346 g/mol. The summed E-state index contributed by atoms with van der Waals surface area (Å²) in [4.78, 5) is 8.85. The van der Waals surface area contributed by atoms with Crippen LogP contribution in [-0.2, 0) is 7.05 Å². The first-order valence-electron chi connectivity index (χ1n) is 7.61. The van der Waals surface area contributed by atoms with Crippen LogP contribution in [0.25, 0.3) is 11.0 Å². The third kappa shape index (κ3) is 2.77. The fourth-order valence-electron chi connectivity index (χ4n) is 2.94. The Morgan fingerprint density at radius 3 is 2.83 bits per heavy atom. The average Bonchev–Trinajstić information content (AvgIpc) is 3.34. The zero-order valence-corrected chi connectivity index (χ0v) is 14.1. The van der Waals surface area contributed by atoms with Crippen LogP contribution in [0.15, 0.2) is 36.7 Å². The predicted octanol–water partition coefficient (Wildman–Crippen LogP) is 4.84. The molecule has 0 saturated heterocycles. The fraction of sp³-hybridized carbons (Fsp3) is 0.294. The fourth-order valence-corrected chi connectivity index (χ4v) is 3.35. The Balaban J connectivity index is 1.73. The molecule has 2 heterocycles. The molecule has 1 fully saturated rings. The molecule has 1 aromatic carbocycles. The van der Waals surface area contributed by atoms with E-state index in [1.165, 1.54) is 12.8 Å². The van der Waals surface area contributed by atoms with E-state index in [-0.39, 0.29) is 6.04 Å². The Kier molecular flexibility index (Phi) is 3.66. The van der Waals surface area contributed by atoms with Crippen molar-refractivity contribution in [3.8, 4) is 0 Å². The quantitative estimate of drug-likeness (QED) is 0.734. The predicted molar refractivity (Wildman–Crippen MR) is 94.1 cm³/mol. The summed E-state index contributed by atoms with van der Waals surface area (Å²) in [6.45, 7) is 0. The molecule has 0 bridgehead atoms. The molecular formula is C17H16Cl2N4. The number of anilines is 1. The molecule has 0 aliphatic heterocycles. The van der Waals surface area contributed by atoms with E-state index in [2.05, 4.69) is 15.3 Å². The Morgan fingerprint density at radius 2 is 2.09 bits per heavy atom. The van der Waals surface area contributed by atoms with Crippen molar-refractivity contribution in [1.29, 1.82) is 0 Å². The largest absolute Gasteiger partial charge is 0.348 e. The summed E-state index contributed by atoms with van der Waals surface area (Å²) in [5.74, 6) is 1.38. The lowest BCUT2D eigenvalue weighted by Crippen LogP contribution is -2.16. The van der Waals surface area contributed by atoms with E-state index in [1.54, 1.807) is 6.20 Å². The minimum Gasteiger partial charge on any atom is -0.348 e. The summed E-state index contributed by atoms with van der Waals surface area (Å²) in [5, 5.41) is 5.00. The van der Waals surface area contributed by atoms with Gasteiger partial charge in [0.1, 0.15) is 0 Å². The van der Waals surface area contributed by atoms with Crippen LogP contribution in [0.4, 0.5) is 5.95 Å². The van der Waals surface area contributed by atoms with Crippen LogP contribution in [0.2, 0.25) is 10.0 Å². The van der Waals surface area contributed by atoms with Gasteiger partial charge >= 0.3 is 0 Å². The van der Waals surface area contributed by atoms with E-state index in [4.69, 9.17) is 23.2 Å². The molecule has 1 saturated carbocycles. The molecule has 1 N–H and O–H groups in total. The van der Waals surface area contributed by atoms with Crippen LogP contribution in [0.1, 0.15) is 24.4 Å². The molecule has 0 spiro atoms. The number of halogens is 2. The summed E-state index contributed by atoms with van der Waals surface area (Å²) in [7, 11) is 1.99. The van der Waals surface area contributed by atoms with Gasteiger partial charge in [0.05, 0.1) is 23.3 Å². The third-order valence-corrected chi connectivity index (χ3v) is 4.93. The maximum absolute atomic E-state index is 6.41. The van der Waals surface area contributed by atoms with Gasteiger partial charge in [0, 0.05) is 23.3 Å². The highest BCUT2D eigenvalue weighted by Crippen LogP contribution is 2.45. The summed E-state index contributed by atoms with van der Waals surface area (Å²) in [5.41, 5.74) is 2.96. The number of nitrogens with one attached hydrogen (secondary N) is 1. The van der Waals surface area contributed by atoms with Gasteiger partial charge in [-0.2, -0.15) is 0 Å². The van der Waals surface area contributed by atoms with Crippen LogP contribution in [0, 0.1) is 5.92 Å². The first-order chi connectivity index (χ1) is 11.1. The second-order valence-electron chi connectivity index (χ2n) is 5.98. The Labute approximate surface area is 144 Å². The second kappa shape index (κ2) is 5.69. The lowest BCUT2D eigenvalue weighted by atomic mass is 10.0. The molecule has 4 nitrogen and oxygen atoms in total. The van der Waals surface area contributed by atoms with Gasteiger partial charge in [-0.15, -0.1) is 0 Å². The van der Waals surface area contributed by atoms with Gasteiger partial charge < -0.3 is 9.88 Å². The van der Waals surface area contributed by atoms with Crippen molar-refractivity contribution in [2.75, 3.05) is 5.32 Å². The van der Waals surface area contributed by atoms with Crippen LogP contribution in [-0.4, -0.2) is 14.5 Å². The first kappa shape index (κ1) is 14.8. The number of pyridine rings is 1. The lowest BCUT2D eigenvalue weighted by Gasteiger charge is -2.21. The summed E-state index contributed by atoms with van der Waals surface area (Å²) >= 11 is 12.6. The topological polar surface area (TPSA) is 42.7 Å². The van der Waals surface area contributed by atoms with Crippen LogP contribution >= 0.6 is 23.2 Å². The number of imidazole rings is 1. The average molecular weight is 347 g/mol. The molecule has 0 amide bonds. The highest BCUT2D eigenvalue weighted by atomic mass is 35.5. The molecule has 6 heteroatoms. The van der Waals surface area contributed by atoms with Gasteiger partial charge in [0.2, 0.25) is 5.95 Å². The van der Waals surface area contributed by atoms with E-state index >= 15 is 0 Å².